The number of hydrogen-bond donors (Lipinski definition) is 1. The highest BCUT2D eigenvalue weighted by Crippen LogP contribution is 2.07. The highest BCUT2D eigenvalue weighted by Gasteiger charge is 2.02. The van der Waals surface area contributed by atoms with E-state index < -0.39 is 0 Å². The molecular weight excluding hydrogens is 214 g/mol. The van der Waals surface area contributed by atoms with Crippen LogP contribution in [0.2, 0.25) is 0 Å². The van der Waals surface area contributed by atoms with E-state index >= 15 is 0 Å². The van der Waals surface area contributed by atoms with Gasteiger partial charge in [0.15, 0.2) is 0 Å². The first-order chi connectivity index (χ1) is 8.26. The van der Waals surface area contributed by atoms with Crippen molar-refractivity contribution in [1.82, 2.24) is 5.32 Å². The molecule has 0 spiro atoms. The van der Waals surface area contributed by atoms with Gasteiger partial charge in [-0.15, -0.1) is 0 Å². The van der Waals surface area contributed by atoms with Crippen LogP contribution in [0, 0.1) is 0 Å². The molecule has 1 atom stereocenters. The SMILES string of the molecule is CCOCC(C)OCc1ccc(CNC)cc1. The minimum absolute atomic E-state index is 0.145. The average Bonchev–Trinajstić information content (AvgIpc) is 2.36. The lowest BCUT2D eigenvalue weighted by atomic mass is 10.1. The van der Waals surface area contributed by atoms with Crippen molar-refractivity contribution in [2.24, 2.45) is 0 Å². The van der Waals surface area contributed by atoms with Crippen LogP contribution in [0.4, 0.5) is 0 Å². The van der Waals surface area contributed by atoms with Crippen LogP contribution in [0.3, 0.4) is 0 Å². The van der Waals surface area contributed by atoms with Gasteiger partial charge in [0.25, 0.3) is 0 Å². The van der Waals surface area contributed by atoms with E-state index in [-0.39, 0.29) is 6.10 Å². The van der Waals surface area contributed by atoms with Gasteiger partial charge in [-0.1, -0.05) is 24.3 Å². The molecule has 1 N–H and O–H groups in total. The molecule has 96 valence electrons. The third kappa shape index (κ3) is 5.82. The molecular formula is C14H23NO2. The van der Waals surface area contributed by atoms with Crippen LogP contribution in [0.15, 0.2) is 24.3 Å². The van der Waals surface area contributed by atoms with E-state index in [1.165, 1.54) is 11.1 Å². The Kier molecular flexibility index (Phi) is 6.86. The zero-order valence-electron chi connectivity index (χ0n) is 11.0. The number of rotatable bonds is 8. The number of benzene rings is 1. The van der Waals surface area contributed by atoms with E-state index in [0.717, 1.165) is 13.2 Å². The molecule has 0 fully saturated rings. The molecule has 17 heavy (non-hydrogen) atoms. The summed E-state index contributed by atoms with van der Waals surface area (Å²) in [6.07, 6.45) is 0.145. The fraction of sp³-hybridized carbons (Fsp3) is 0.571. The molecule has 0 saturated carbocycles. The first kappa shape index (κ1) is 14.2. The van der Waals surface area contributed by atoms with Crippen molar-refractivity contribution in [1.29, 1.82) is 0 Å². The van der Waals surface area contributed by atoms with Gasteiger partial charge in [0.05, 0.1) is 19.3 Å². The Morgan fingerprint density at radius 2 is 1.82 bits per heavy atom. The molecule has 0 aliphatic heterocycles. The maximum Gasteiger partial charge on any atom is 0.0785 e. The summed E-state index contributed by atoms with van der Waals surface area (Å²) in [5, 5.41) is 3.13. The minimum atomic E-state index is 0.145. The van der Waals surface area contributed by atoms with Gasteiger partial charge in [0, 0.05) is 13.2 Å². The molecule has 0 heterocycles. The van der Waals surface area contributed by atoms with Gasteiger partial charge in [-0.3, -0.25) is 0 Å². The summed E-state index contributed by atoms with van der Waals surface area (Å²) in [6.45, 7) is 6.98. The summed E-state index contributed by atoms with van der Waals surface area (Å²) < 4.78 is 11.0. The average molecular weight is 237 g/mol. The van der Waals surface area contributed by atoms with Crippen molar-refractivity contribution in [2.75, 3.05) is 20.3 Å². The van der Waals surface area contributed by atoms with Crippen molar-refractivity contribution in [3.8, 4) is 0 Å². The quantitative estimate of drug-likeness (QED) is 0.753. The predicted molar refractivity (Wildman–Crippen MR) is 69.9 cm³/mol. The van der Waals surface area contributed by atoms with Crippen LogP contribution < -0.4 is 5.32 Å². The highest BCUT2D eigenvalue weighted by atomic mass is 16.5. The summed E-state index contributed by atoms with van der Waals surface area (Å²) in [4.78, 5) is 0. The van der Waals surface area contributed by atoms with E-state index in [9.17, 15) is 0 Å². The molecule has 0 aromatic heterocycles. The normalized spacial score (nSPS) is 12.6. The van der Waals surface area contributed by atoms with Crippen LogP contribution in [0.1, 0.15) is 25.0 Å². The smallest absolute Gasteiger partial charge is 0.0785 e. The van der Waals surface area contributed by atoms with Crippen molar-refractivity contribution >= 4 is 0 Å². The second kappa shape index (κ2) is 8.23. The third-order valence-electron chi connectivity index (χ3n) is 2.50. The van der Waals surface area contributed by atoms with Gasteiger partial charge in [-0.25, -0.2) is 0 Å². The molecule has 1 rings (SSSR count). The Morgan fingerprint density at radius 3 is 2.41 bits per heavy atom. The molecule has 0 saturated heterocycles. The zero-order chi connectivity index (χ0) is 12.5. The number of ether oxygens (including phenoxy) is 2. The fourth-order valence-corrected chi connectivity index (χ4v) is 1.53. The molecule has 0 bridgehead atoms. The third-order valence-corrected chi connectivity index (χ3v) is 2.50. The molecule has 1 aromatic carbocycles. The summed E-state index contributed by atoms with van der Waals surface area (Å²) in [7, 11) is 1.95. The Balaban J connectivity index is 2.31. The largest absolute Gasteiger partial charge is 0.379 e. The Bertz CT molecular complexity index is 298. The van der Waals surface area contributed by atoms with E-state index in [2.05, 4.69) is 29.6 Å². The Morgan fingerprint density at radius 1 is 1.18 bits per heavy atom. The summed E-state index contributed by atoms with van der Waals surface area (Å²) in [5.74, 6) is 0. The van der Waals surface area contributed by atoms with E-state index in [4.69, 9.17) is 9.47 Å². The van der Waals surface area contributed by atoms with Gasteiger partial charge in [-0.2, -0.15) is 0 Å². The molecule has 0 radical (unpaired) electrons. The van der Waals surface area contributed by atoms with E-state index in [0.29, 0.717) is 13.2 Å². The van der Waals surface area contributed by atoms with E-state index in [1.807, 2.05) is 20.9 Å². The van der Waals surface area contributed by atoms with Gasteiger partial charge in [0.1, 0.15) is 0 Å². The molecule has 3 nitrogen and oxygen atoms in total. The number of nitrogens with one attached hydrogen (secondary N) is 1. The summed E-state index contributed by atoms with van der Waals surface area (Å²) >= 11 is 0. The summed E-state index contributed by atoms with van der Waals surface area (Å²) in [5.41, 5.74) is 2.49. The van der Waals surface area contributed by atoms with Crippen LogP contribution >= 0.6 is 0 Å². The van der Waals surface area contributed by atoms with Crippen molar-refractivity contribution in [2.45, 2.75) is 33.1 Å². The van der Waals surface area contributed by atoms with Crippen molar-refractivity contribution in [3.63, 3.8) is 0 Å². The Labute approximate surface area is 104 Å². The van der Waals surface area contributed by atoms with Crippen LogP contribution in [-0.2, 0) is 22.6 Å². The summed E-state index contributed by atoms with van der Waals surface area (Å²) in [6, 6.07) is 8.48. The lowest BCUT2D eigenvalue weighted by molar-refractivity contribution is -0.0116. The second-order valence-corrected chi connectivity index (χ2v) is 4.13. The molecule has 0 aliphatic carbocycles. The van der Waals surface area contributed by atoms with Crippen LogP contribution in [-0.4, -0.2) is 26.4 Å². The standard InChI is InChI=1S/C14H23NO2/c1-4-16-10-12(2)17-11-14-7-5-13(6-8-14)9-15-3/h5-8,12,15H,4,9-11H2,1-3H3. The van der Waals surface area contributed by atoms with Gasteiger partial charge in [-0.05, 0) is 32.0 Å². The molecule has 3 heteroatoms. The minimum Gasteiger partial charge on any atom is -0.379 e. The lowest BCUT2D eigenvalue weighted by Crippen LogP contribution is -2.15. The first-order valence-corrected chi connectivity index (χ1v) is 6.18. The second-order valence-electron chi connectivity index (χ2n) is 4.13. The fourth-order valence-electron chi connectivity index (χ4n) is 1.53. The van der Waals surface area contributed by atoms with Gasteiger partial charge < -0.3 is 14.8 Å². The van der Waals surface area contributed by atoms with Crippen molar-refractivity contribution in [3.05, 3.63) is 35.4 Å². The van der Waals surface area contributed by atoms with Gasteiger partial charge >= 0.3 is 0 Å². The monoisotopic (exact) mass is 237 g/mol. The zero-order valence-corrected chi connectivity index (χ0v) is 11.0. The highest BCUT2D eigenvalue weighted by molar-refractivity contribution is 5.21. The van der Waals surface area contributed by atoms with Crippen LogP contribution in [0.5, 0.6) is 0 Å². The predicted octanol–water partition coefficient (Wildman–Crippen LogP) is 2.35. The molecule has 0 amide bonds. The topological polar surface area (TPSA) is 30.5 Å². The van der Waals surface area contributed by atoms with E-state index in [1.54, 1.807) is 0 Å². The molecule has 1 aromatic rings. The van der Waals surface area contributed by atoms with Crippen LogP contribution in [0.25, 0.3) is 0 Å². The lowest BCUT2D eigenvalue weighted by Gasteiger charge is -2.13. The molecule has 1 unspecified atom stereocenters. The molecule has 0 aliphatic rings. The Hall–Kier alpha value is -0.900. The maximum absolute atomic E-state index is 5.69. The number of hydrogen-bond acceptors (Lipinski definition) is 3. The first-order valence-electron chi connectivity index (χ1n) is 6.18. The maximum atomic E-state index is 5.69. The van der Waals surface area contributed by atoms with Gasteiger partial charge in [0.2, 0.25) is 0 Å². The van der Waals surface area contributed by atoms with Crippen molar-refractivity contribution < 1.29 is 9.47 Å².